The van der Waals surface area contributed by atoms with Crippen LogP contribution in [0.15, 0.2) is 59.5 Å². The molecule has 2 aromatic carbocycles. The van der Waals surface area contributed by atoms with Gasteiger partial charge in [-0.15, -0.1) is 0 Å². The van der Waals surface area contributed by atoms with Crippen molar-refractivity contribution >= 4 is 52.6 Å². The van der Waals surface area contributed by atoms with Crippen LogP contribution in [-0.2, 0) is 17.6 Å². The maximum atomic E-state index is 12.7. The van der Waals surface area contributed by atoms with Gasteiger partial charge in [-0.3, -0.25) is 9.59 Å². The number of aryl methyl sites for hydroxylation is 3. The zero-order valence-electron chi connectivity index (χ0n) is 19.8. The second kappa shape index (κ2) is 11.3. The molecule has 13 heteroatoms. The van der Waals surface area contributed by atoms with Crippen molar-refractivity contribution < 1.29 is 27.2 Å². The lowest BCUT2D eigenvalue weighted by atomic mass is 10.0. The molecular formula is C25H20ClF3N6O3. The first-order valence-corrected chi connectivity index (χ1v) is 11.5. The summed E-state index contributed by atoms with van der Waals surface area (Å²) in [5.41, 5.74) is 5.03. The Kier molecular flexibility index (Phi) is 7.91. The Hall–Kier alpha value is -4.45. The molecule has 0 spiro atoms. The first-order chi connectivity index (χ1) is 18.1. The number of hydrogen-bond donors (Lipinski definition) is 3. The zero-order valence-corrected chi connectivity index (χ0v) is 20.5. The fourth-order valence-electron chi connectivity index (χ4n) is 3.56. The molecule has 1 amide bonds. The summed E-state index contributed by atoms with van der Waals surface area (Å²) < 4.78 is 36.5. The summed E-state index contributed by atoms with van der Waals surface area (Å²) in [4.78, 5) is 34.2. The number of nitrogens with one attached hydrogen (secondary N) is 3. The van der Waals surface area contributed by atoms with Crippen LogP contribution in [-0.4, -0.2) is 33.3 Å². The predicted molar refractivity (Wildman–Crippen MR) is 135 cm³/mol. The Morgan fingerprint density at radius 3 is 2.58 bits per heavy atom. The van der Waals surface area contributed by atoms with Crippen molar-refractivity contribution in [1.82, 2.24) is 15.0 Å². The van der Waals surface area contributed by atoms with Crippen molar-refractivity contribution in [2.75, 3.05) is 16.0 Å². The van der Waals surface area contributed by atoms with Gasteiger partial charge >= 0.3 is 6.18 Å². The molecule has 1 aliphatic rings. The Morgan fingerprint density at radius 1 is 1.11 bits per heavy atom. The first-order valence-electron chi connectivity index (χ1n) is 11.1. The van der Waals surface area contributed by atoms with Gasteiger partial charge in [0.1, 0.15) is 5.02 Å². The van der Waals surface area contributed by atoms with Crippen LogP contribution in [0.3, 0.4) is 0 Å². The third-order valence-electron chi connectivity index (χ3n) is 5.31. The molecule has 0 unspecified atom stereocenters. The third kappa shape index (κ3) is 6.85. The molecule has 0 saturated heterocycles. The van der Waals surface area contributed by atoms with E-state index in [1.165, 1.54) is 6.39 Å². The number of hydrogen-bond acceptors (Lipinski definition) is 8. The predicted octanol–water partition coefficient (Wildman–Crippen LogP) is 6.01. The molecule has 0 radical (unpaired) electrons. The van der Waals surface area contributed by atoms with Crippen molar-refractivity contribution in [2.45, 2.75) is 25.9 Å². The largest absolute Gasteiger partial charge is 0.446 e. The third-order valence-corrected chi connectivity index (χ3v) is 5.59. The quantitative estimate of drug-likeness (QED) is 0.262. The average molecular weight is 545 g/mol. The van der Waals surface area contributed by atoms with Gasteiger partial charge in [0.25, 0.3) is 5.91 Å². The van der Waals surface area contributed by atoms with Gasteiger partial charge in [0.2, 0.25) is 18.0 Å². The molecule has 6 bridgehead atoms. The lowest BCUT2D eigenvalue weighted by molar-refractivity contribution is -0.156. The molecule has 4 aromatic rings. The zero-order chi connectivity index (χ0) is 27.3. The molecule has 196 valence electrons. The first kappa shape index (κ1) is 26.6. The van der Waals surface area contributed by atoms with Crippen molar-refractivity contribution in [3.63, 3.8) is 0 Å². The number of aldehydes is 1. The summed E-state index contributed by atoms with van der Waals surface area (Å²) in [6.45, 7) is 1.73. The molecule has 3 N–H and O–H groups in total. The number of oxazole rings is 1. The van der Waals surface area contributed by atoms with Crippen LogP contribution < -0.4 is 16.0 Å². The molecular weight excluding hydrogens is 525 g/mol. The maximum absolute atomic E-state index is 12.7. The summed E-state index contributed by atoms with van der Waals surface area (Å²) in [5, 5.41) is 9.82. The van der Waals surface area contributed by atoms with Crippen LogP contribution in [0.2, 0.25) is 5.02 Å². The number of nitrogens with zero attached hydrogens (tertiary/aromatic N) is 3. The van der Waals surface area contributed by atoms with Crippen LogP contribution in [0.25, 0.3) is 0 Å². The van der Waals surface area contributed by atoms with Crippen molar-refractivity contribution in [3.05, 3.63) is 82.7 Å². The lowest BCUT2D eigenvalue weighted by Gasteiger charge is -2.14. The number of anilines is 5. The van der Waals surface area contributed by atoms with Gasteiger partial charge in [-0.25, -0.2) is 9.97 Å². The minimum Gasteiger partial charge on any atom is -0.438 e. The van der Waals surface area contributed by atoms with E-state index in [1.54, 1.807) is 13.1 Å². The highest BCUT2D eigenvalue weighted by atomic mass is 35.5. The van der Waals surface area contributed by atoms with Crippen LogP contribution in [0.4, 0.5) is 42.0 Å². The number of halogens is 4. The van der Waals surface area contributed by atoms with Crippen molar-refractivity contribution in [3.8, 4) is 0 Å². The molecule has 9 nitrogen and oxygen atoms in total. The monoisotopic (exact) mass is 544 g/mol. The van der Waals surface area contributed by atoms with Gasteiger partial charge in [0.05, 0.1) is 11.9 Å². The number of alkyl halides is 3. The normalized spacial score (nSPS) is 12.2. The number of carbonyl (C=O) groups excluding carboxylic acids is 2. The Bertz CT molecular complexity index is 1470. The highest BCUT2D eigenvalue weighted by molar-refractivity contribution is 6.32. The highest BCUT2D eigenvalue weighted by Crippen LogP contribution is 2.29. The standard InChI is InChI=1S/C23H19ClN6O2.C2HF3O/c1-13-20(32-12-26-13)22(31)29-19-8-7-17-10-15(19)6-5-14-3-2-4-16(9-14)28-23-25-11-18(24)21(27-17)30-23;3-2(4,5)1-6/h2-4,7-12H,5-6H2,1H3,(H,29,31)(H2,25,27,28,30);1H. The number of rotatable bonds is 2. The molecule has 3 heterocycles. The van der Waals surface area contributed by atoms with E-state index in [9.17, 15) is 18.0 Å². The number of benzene rings is 2. The topological polar surface area (TPSA) is 122 Å². The summed E-state index contributed by atoms with van der Waals surface area (Å²) in [5.74, 6) is 0.789. The summed E-state index contributed by atoms with van der Waals surface area (Å²) in [7, 11) is 0. The van der Waals surface area contributed by atoms with Crippen molar-refractivity contribution in [2.24, 2.45) is 0 Å². The number of amides is 1. The minimum absolute atomic E-state index is 0.197. The van der Waals surface area contributed by atoms with E-state index < -0.39 is 12.5 Å². The van der Waals surface area contributed by atoms with Gasteiger partial charge in [0.15, 0.2) is 12.2 Å². The fourth-order valence-corrected chi connectivity index (χ4v) is 3.70. The molecule has 1 aliphatic heterocycles. The smallest absolute Gasteiger partial charge is 0.438 e. The number of aromatic nitrogens is 3. The van der Waals surface area contributed by atoms with Gasteiger partial charge < -0.3 is 20.4 Å². The van der Waals surface area contributed by atoms with Crippen LogP contribution in [0, 0.1) is 6.92 Å². The van der Waals surface area contributed by atoms with E-state index in [4.69, 9.17) is 20.8 Å². The number of fused-ring (bicyclic) bond motifs is 6. The fraction of sp³-hybridized carbons (Fsp3) is 0.160. The summed E-state index contributed by atoms with van der Waals surface area (Å²) >= 11 is 6.32. The SMILES string of the molecule is Cc1ncoc1C(=O)Nc1ccc2cc1CCc1cccc(c1)Nc1ncc(Cl)c(n1)N2.O=CC(F)(F)F. The molecule has 0 atom stereocenters. The van der Waals surface area contributed by atoms with E-state index in [0.29, 0.717) is 34.6 Å². The number of carbonyl (C=O) groups is 2. The molecule has 2 aromatic heterocycles. The molecule has 0 fully saturated rings. The lowest BCUT2D eigenvalue weighted by Crippen LogP contribution is -2.14. The van der Waals surface area contributed by atoms with Gasteiger partial charge in [-0.1, -0.05) is 23.7 Å². The van der Waals surface area contributed by atoms with E-state index in [2.05, 4.69) is 43.0 Å². The van der Waals surface area contributed by atoms with E-state index in [0.717, 1.165) is 28.9 Å². The van der Waals surface area contributed by atoms with Gasteiger partial charge in [-0.05, 0) is 61.2 Å². The van der Waals surface area contributed by atoms with Gasteiger partial charge in [0, 0.05) is 17.1 Å². The second-order valence-electron chi connectivity index (χ2n) is 8.09. The van der Waals surface area contributed by atoms with E-state index >= 15 is 0 Å². The van der Waals surface area contributed by atoms with E-state index in [-0.39, 0.29) is 11.7 Å². The minimum atomic E-state index is -4.64. The van der Waals surface area contributed by atoms with Gasteiger partial charge in [-0.2, -0.15) is 18.2 Å². The second-order valence-corrected chi connectivity index (χ2v) is 8.50. The molecule has 38 heavy (non-hydrogen) atoms. The average Bonchev–Trinajstić information content (AvgIpc) is 3.32. The summed E-state index contributed by atoms with van der Waals surface area (Å²) in [6, 6.07) is 13.8. The maximum Gasteiger partial charge on any atom is 0.446 e. The van der Waals surface area contributed by atoms with Crippen molar-refractivity contribution in [1.29, 1.82) is 0 Å². The molecule has 0 saturated carbocycles. The Balaban J connectivity index is 0.000000505. The summed E-state index contributed by atoms with van der Waals surface area (Å²) in [6.07, 6.45) is -1.39. The Morgan fingerprint density at radius 2 is 1.87 bits per heavy atom. The highest BCUT2D eigenvalue weighted by Gasteiger charge is 2.25. The van der Waals surface area contributed by atoms with E-state index in [1.807, 2.05) is 30.3 Å². The molecule has 0 aliphatic carbocycles. The van der Waals surface area contributed by atoms with Crippen LogP contribution in [0.1, 0.15) is 27.4 Å². The van der Waals surface area contributed by atoms with Crippen LogP contribution >= 0.6 is 11.6 Å². The molecule has 5 rings (SSSR count). The Labute approximate surface area is 219 Å². The van der Waals surface area contributed by atoms with Crippen LogP contribution in [0.5, 0.6) is 0 Å².